The highest BCUT2D eigenvalue weighted by molar-refractivity contribution is 7.91. The van der Waals surface area contributed by atoms with Crippen molar-refractivity contribution >= 4 is 27.3 Å². The van der Waals surface area contributed by atoms with E-state index in [0.717, 1.165) is 11.3 Å². The zero-order valence-electron chi connectivity index (χ0n) is 9.21. The van der Waals surface area contributed by atoms with Crippen molar-refractivity contribution in [3.05, 3.63) is 29.2 Å². The second kappa shape index (κ2) is 5.95. The fraction of sp³-hybridized carbons (Fsp3) is 0.300. The van der Waals surface area contributed by atoms with Gasteiger partial charge < -0.3 is 5.11 Å². The lowest BCUT2D eigenvalue weighted by molar-refractivity contribution is 0.0702. The summed E-state index contributed by atoms with van der Waals surface area (Å²) in [5, 5.41) is 8.70. The maximum Gasteiger partial charge on any atom is 0.345 e. The second-order valence-electron chi connectivity index (χ2n) is 3.18. The lowest BCUT2D eigenvalue weighted by atomic mass is 10.4. The van der Waals surface area contributed by atoms with Crippen LogP contribution in [0.5, 0.6) is 0 Å². The van der Waals surface area contributed by atoms with Crippen molar-refractivity contribution in [2.24, 2.45) is 0 Å². The van der Waals surface area contributed by atoms with Gasteiger partial charge in [0.2, 0.25) is 10.0 Å². The first-order valence-electron chi connectivity index (χ1n) is 4.91. The minimum Gasteiger partial charge on any atom is -0.477 e. The number of hydrogen-bond acceptors (Lipinski definition) is 4. The molecule has 0 aromatic carbocycles. The molecule has 17 heavy (non-hydrogen) atoms. The molecule has 0 atom stereocenters. The summed E-state index contributed by atoms with van der Waals surface area (Å²) >= 11 is 0.744. The fourth-order valence-electron chi connectivity index (χ4n) is 1.09. The van der Waals surface area contributed by atoms with Crippen LogP contribution in [0.3, 0.4) is 0 Å². The highest BCUT2D eigenvalue weighted by Crippen LogP contribution is 2.21. The van der Waals surface area contributed by atoms with Crippen LogP contribution in [0, 0.1) is 0 Å². The van der Waals surface area contributed by atoms with E-state index in [-0.39, 0.29) is 9.09 Å². The average Bonchev–Trinajstić information content (AvgIpc) is 2.74. The van der Waals surface area contributed by atoms with Crippen molar-refractivity contribution in [2.75, 3.05) is 6.54 Å². The van der Waals surface area contributed by atoms with E-state index in [1.54, 1.807) is 0 Å². The van der Waals surface area contributed by atoms with Crippen LogP contribution in [0.25, 0.3) is 0 Å². The predicted molar refractivity (Wildman–Crippen MR) is 65.9 cm³/mol. The van der Waals surface area contributed by atoms with Crippen molar-refractivity contribution in [1.29, 1.82) is 0 Å². The van der Waals surface area contributed by atoms with E-state index in [2.05, 4.69) is 4.72 Å². The van der Waals surface area contributed by atoms with Crippen LogP contribution in [0.15, 0.2) is 28.5 Å². The molecule has 1 aromatic heterocycles. The number of aromatic carboxylic acids is 1. The molecule has 0 aliphatic carbocycles. The van der Waals surface area contributed by atoms with Crippen LogP contribution in [-0.2, 0) is 10.0 Å². The molecular weight excluding hydrogens is 262 g/mol. The molecule has 7 heteroatoms. The maximum atomic E-state index is 11.7. The van der Waals surface area contributed by atoms with Gasteiger partial charge in [0.05, 0.1) is 0 Å². The number of allylic oxidation sites excluding steroid dienone is 1. The van der Waals surface area contributed by atoms with Crippen LogP contribution in [-0.4, -0.2) is 26.0 Å². The Morgan fingerprint density at radius 1 is 1.53 bits per heavy atom. The molecule has 1 rings (SSSR count). The first kappa shape index (κ1) is 13.9. The number of thiophene rings is 1. The van der Waals surface area contributed by atoms with Crippen molar-refractivity contribution < 1.29 is 18.3 Å². The van der Waals surface area contributed by atoms with Crippen LogP contribution in [0.2, 0.25) is 0 Å². The third-order valence-corrected chi connectivity index (χ3v) is 4.92. The van der Waals surface area contributed by atoms with Crippen LogP contribution in [0.1, 0.15) is 23.0 Å². The Labute approximate surface area is 104 Å². The highest BCUT2D eigenvalue weighted by Gasteiger charge is 2.17. The van der Waals surface area contributed by atoms with Gasteiger partial charge in [0, 0.05) is 6.54 Å². The van der Waals surface area contributed by atoms with Gasteiger partial charge in [-0.2, -0.15) is 0 Å². The van der Waals surface area contributed by atoms with Gasteiger partial charge in [-0.15, -0.1) is 11.3 Å². The predicted octanol–water partition coefficient (Wildman–Crippen LogP) is 1.69. The first-order chi connectivity index (χ1) is 7.97. The van der Waals surface area contributed by atoms with Gasteiger partial charge in [0.1, 0.15) is 9.09 Å². The third kappa shape index (κ3) is 3.95. The normalized spacial score (nSPS) is 12.1. The molecule has 0 saturated heterocycles. The summed E-state index contributed by atoms with van der Waals surface area (Å²) in [6.45, 7) is 2.15. The fourth-order valence-corrected chi connectivity index (χ4v) is 3.33. The molecule has 1 heterocycles. The Morgan fingerprint density at radius 2 is 2.24 bits per heavy atom. The van der Waals surface area contributed by atoms with Gasteiger partial charge in [-0.1, -0.05) is 12.2 Å². The van der Waals surface area contributed by atoms with Crippen molar-refractivity contribution in [2.45, 2.75) is 17.6 Å². The lowest BCUT2D eigenvalue weighted by Crippen LogP contribution is -2.23. The number of carboxylic acids is 1. The number of carboxylic acid groups (broad SMARTS) is 1. The molecule has 1 aromatic rings. The molecule has 94 valence electrons. The van der Waals surface area contributed by atoms with Gasteiger partial charge in [0.15, 0.2) is 0 Å². The maximum absolute atomic E-state index is 11.7. The van der Waals surface area contributed by atoms with E-state index in [4.69, 9.17) is 5.11 Å². The Hall–Kier alpha value is -1.18. The molecule has 5 nitrogen and oxygen atoms in total. The third-order valence-electron chi connectivity index (χ3n) is 1.90. The summed E-state index contributed by atoms with van der Waals surface area (Å²) in [7, 11) is -3.58. The molecule has 0 fully saturated rings. The smallest absolute Gasteiger partial charge is 0.345 e. The van der Waals surface area contributed by atoms with Crippen molar-refractivity contribution in [1.82, 2.24) is 4.72 Å². The minimum atomic E-state index is -3.58. The molecule has 0 radical (unpaired) electrons. The van der Waals surface area contributed by atoms with Crippen molar-refractivity contribution in [3.63, 3.8) is 0 Å². The number of hydrogen-bond donors (Lipinski definition) is 2. The quantitative estimate of drug-likeness (QED) is 0.611. The van der Waals surface area contributed by atoms with E-state index >= 15 is 0 Å². The molecule has 0 unspecified atom stereocenters. The molecule has 0 saturated carbocycles. The van der Waals surface area contributed by atoms with Crippen LogP contribution < -0.4 is 4.72 Å². The number of rotatable bonds is 6. The van der Waals surface area contributed by atoms with Crippen LogP contribution in [0.4, 0.5) is 0 Å². The number of nitrogens with one attached hydrogen (secondary N) is 1. The van der Waals surface area contributed by atoms with Crippen LogP contribution >= 0.6 is 11.3 Å². The molecule has 0 spiro atoms. The van der Waals surface area contributed by atoms with E-state index in [1.165, 1.54) is 12.1 Å². The Bertz CT molecular complexity index is 516. The summed E-state index contributed by atoms with van der Waals surface area (Å²) in [6.07, 6.45) is 4.29. The number of carbonyl (C=O) groups is 1. The largest absolute Gasteiger partial charge is 0.477 e. The molecule has 0 aliphatic rings. The standard InChI is InChI=1S/C10H13NO4S2/c1-2-3-4-7-11-17(14,15)9-6-5-8(16-9)10(12)13/h2-3,5-6,11H,4,7H2,1H3,(H,12,13)/b3-2+. The van der Waals surface area contributed by atoms with E-state index in [9.17, 15) is 13.2 Å². The molecular formula is C10H13NO4S2. The number of sulfonamides is 1. The van der Waals surface area contributed by atoms with E-state index in [1.807, 2.05) is 19.1 Å². The topological polar surface area (TPSA) is 83.5 Å². The zero-order chi connectivity index (χ0) is 12.9. The minimum absolute atomic E-state index is 0.0128. The SMILES string of the molecule is C/C=C/CCNS(=O)(=O)c1ccc(C(=O)O)s1. The molecule has 0 amide bonds. The van der Waals surface area contributed by atoms with Gasteiger partial charge >= 0.3 is 5.97 Å². The summed E-state index contributed by atoms with van der Waals surface area (Å²) in [6, 6.07) is 2.58. The Balaban J connectivity index is 2.72. The summed E-state index contributed by atoms with van der Waals surface area (Å²) in [5.74, 6) is -1.12. The lowest BCUT2D eigenvalue weighted by Gasteiger charge is -2.01. The summed E-state index contributed by atoms with van der Waals surface area (Å²) < 4.78 is 25.9. The van der Waals surface area contributed by atoms with Gasteiger partial charge in [-0.05, 0) is 25.5 Å². The molecule has 2 N–H and O–H groups in total. The molecule has 0 aliphatic heterocycles. The van der Waals surface area contributed by atoms with Gasteiger partial charge in [0.25, 0.3) is 0 Å². The zero-order valence-corrected chi connectivity index (χ0v) is 10.8. The monoisotopic (exact) mass is 275 g/mol. The summed E-state index contributed by atoms with van der Waals surface area (Å²) in [4.78, 5) is 10.6. The molecule has 0 bridgehead atoms. The average molecular weight is 275 g/mol. The summed E-state index contributed by atoms with van der Waals surface area (Å²) in [5.41, 5.74) is 0. The van der Waals surface area contributed by atoms with E-state index in [0.29, 0.717) is 13.0 Å². The van der Waals surface area contributed by atoms with Gasteiger partial charge in [-0.25, -0.2) is 17.9 Å². The highest BCUT2D eigenvalue weighted by atomic mass is 32.2. The van der Waals surface area contributed by atoms with Crippen molar-refractivity contribution in [3.8, 4) is 0 Å². The Morgan fingerprint density at radius 3 is 2.76 bits per heavy atom. The first-order valence-corrected chi connectivity index (χ1v) is 7.21. The second-order valence-corrected chi connectivity index (χ2v) is 6.26. The van der Waals surface area contributed by atoms with E-state index < -0.39 is 16.0 Å². The Kier molecular flexibility index (Phi) is 4.86. The van der Waals surface area contributed by atoms with Gasteiger partial charge in [-0.3, -0.25) is 0 Å².